The molecule has 0 aliphatic carbocycles. The van der Waals surface area contributed by atoms with Crippen molar-refractivity contribution in [2.75, 3.05) is 11.4 Å². The van der Waals surface area contributed by atoms with E-state index >= 15 is 0 Å². The molecule has 5 nitrogen and oxygen atoms in total. The van der Waals surface area contributed by atoms with Crippen LogP contribution in [0.5, 0.6) is 0 Å². The largest absolute Gasteiger partial charge is 0.480 e. The maximum atomic E-state index is 12.1. The molecule has 1 N–H and O–H groups in total. The second kappa shape index (κ2) is 5.73. The Kier molecular flexibility index (Phi) is 4.53. The van der Waals surface area contributed by atoms with Crippen molar-refractivity contribution in [3.8, 4) is 0 Å². The van der Waals surface area contributed by atoms with Crippen LogP contribution in [0.25, 0.3) is 0 Å². The lowest BCUT2D eigenvalue weighted by atomic mass is 10.2. The van der Waals surface area contributed by atoms with Gasteiger partial charge in [0.1, 0.15) is 12.1 Å². The van der Waals surface area contributed by atoms with Crippen molar-refractivity contribution in [2.45, 2.75) is 33.3 Å². The Bertz CT molecular complexity index is 477. The van der Waals surface area contributed by atoms with Crippen LogP contribution in [0, 0.1) is 6.92 Å². The fourth-order valence-corrected chi connectivity index (χ4v) is 1.57. The van der Waals surface area contributed by atoms with Gasteiger partial charge in [0.15, 0.2) is 0 Å². The normalized spacial score (nSPS) is 10.9. The van der Waals surface area contributed by atoms with E-state index in [-0.39, 0.29) is 0 Å². The second-order valence-electron chi connectivity index (χ2n) is 5.25. The van der Waals surface area contributed by atoms with Crippen LogP contribution in [0.4, 0.5) is 10.5 Å². The van der Waals surface area contributed by atoms with E-state index in [1.807, 2.05) is 19.1 Å². The number of nitrogens with zero attached hydrogens (tertiary/aromatic N) is 1. The molecule has 0 radical (unpaired) electrons. The number of anilines is 1. The van der Waals surface area contributed by atoms with Gasteiger partial charge < -0.3 is 9.84 Å². The number of hydrogen-bond acceptors (Lipinski definition) is 3. The van der Waals surface area contributed by atoms with Gasteiger partial charge in [0.05, 0.1) is 5.69 Å². The van der Waals surface area contributed by atoms with Crippen LogP contribution in [0.1, 0.15) is 26.3 Å². The third kappa shape index (κ3) is 4.62. The van der Waals surface area contributed by atoms with Crippen molar-refractivity contribution < 1.29 is 19.4 Å². The van der Waals surface area contributed by atoms with Gasteiger partial charge in [-0.1, -0.05) is 18.2 Å². The number of hydrogen-bond donors (Lipinski definition) is 1. The molecule has 0 fully saturated rings. The number of benzene rings is 1. The second-order valence-corrected chi connectivity index (χ2v) is 5.25. The molecular weight excluding hydrogens is 246 g/mol. The van der Waals surface area contributed by atoms with Crippen molar-refractivity contribution in [1.82, 2.24) is 0 Å². The average molecular weight is 265 g/mol. The molecule has 1 aromatic carbocycles. The number of carbonyl (C=O) groups excluding carboxylic acids is 1. The number of aryl methyl sites for hydroxylation is 1. The fourth-order valence-electron chi connectivity index (χ4n) is 1.57. The number of carboxylic acid groups (broad SMARTS) is 1. The summed E-state index contributed by atoms with van der Waals surface area (Å²) in [5.41, 5.74) is 0.685. The van der Waals surface area contributed by atoms with E-state index in [0.717, 1.165) is 10.5 Å². The minimum absolute atomic E-state index is 0.431. The SMILES string of the molecule is Cc1ccccc1N(CC(=O)O)C(=O)OC(C)(C)C. The van der Waals surface area contributed by atoms with Gasteiger partial charge in [-0.15, -0.1) is 0 Å². The van der Waals surface area contributed by atoms with Crippen LogP contribution < -0.4 is 4.90 Å². The van der Waals surface area contributed by atoms with Gasteiger partial charge >= 0.3 is 12.1 Å². The van der Waals surface area contributed by atoms with E-state index in [2.05, 4.69) is 0 Å². The predicted molar refractivity (Wildman–Crippen MR) is 72.4 cm³/mol. The first-order chi connectivity index (χ1) is 8.70. The van der Waals surface area contributed by atoms with Gasteiger partial charge in [-0.3, -0.25) is 9.69 Å². The molecular formula is C14H19NO4. The molecule has 0 aromatic heterocycles. The van der Waals surface area contributed by atoms with Crippen LogP contribution in [-0.2, 0) is 9.53 Å². The lowest BCUT2D eigenvalue weighted by Crippen LogP contribution is -2.40. The number of aliphatic carboxylic acids is 1. The lowest BCUT2D eigenvalue weighted by molar-refractivity contribution is -0.135. The van der Waals surface area contributed by atoms with E-state index in [0.29, 0.717) is 5.69 Å². The maximum absolute atomic E-state index is 12.1. The molecule has 0 aliphatic rings. The first-order valence-corrected chi connectivity index (χ1v) is 5.98. The Morgan fingerprint density at radius 1 is 1.26 bits per heavy atom. The van der Waals surface area contributed by atoms with Crippen LogP contribution in [0.15, 0.2) is 24.3 Å². The zero-order valence-electron chi connectivity index (χ0n) is 11.6. The Labute approximate surface area is 112 Å². The zero-order chi connectivity index (χ0) is 14.6. The minimum Gasteiger partial charge on any atom is -0.480 e. The van der Waals surface area contributed by atoms with Crippen molar-refractivity contribution in [2.24, 2.45) is 0 Å². The molecule has 0 bridgehead atoms. The van der Waals surface area contributed by atoms with Gasteiger partial charge in [0.25, 0.3) is 0 Å². The number of carboxylic acids is 1. The molecule has 0 saturated carbocycles. The molecule has 104 valence electrons. The number of ether oxygens (including phenoxy) is 1. The Balaban J connectivity index is 3.05. The first kappa shape index (κ1) is 15.0. The van der Waals surface area contributed by atoms with Crippen LogP contribution in [-0.4, -0.2) is 29.3 Å². The highest BCUT2D eigenvalue weighted by molar-refractivity contribution is 5.93. The fraction of sp³-hybridized carbons (Fsp3) is 0.429. The molecule has 0 spiro atoms. The standard InChI is InChI=1S/C14H19NO4/c1-10-7-5-6-8-11(10)15(9-12(16)17)13(18)19-14(2,3)4/h5-8H,9H2,1-4H3,(H,16,17). The van der Waals surface area contributed by atoms with E-state index < -0.39 is 24.2 Å². The predicted octanol–water partition coefficient (Wildman–Crippen LogP) is 2.82. The van der Waals surface area contributed by atoms with Crippen molar-refractivity contribution in [3.05, 3.63) is 29.8 Å². The summed E-state index contributed by atoms with van der Waals surface area (Å²) in [4.78, 5) is 24.1. The number of rotatable bonds is 3. The molecule has 19 heavy (non-hydrogen) atoms. The first-order valence-electron chi connectivity index (χ1n) is 5.98. The molecule has 0 atom stereocenters. The quantitative estimate of drug-likeness (QED) is 0.912. The van der Waals surface area contributed by atoms with Gasteiger partial charge in [-0.2, -0.15) is 0 Å². The Morgan fingerprint density at radius 2 is 1.84 bits per heavy atom. The highest BCUT2D eigenvalue weighted by atomic mass is 16.6. The summed E-state index contributed by atoms with van der Waals surface area (Å²) in [5, 5.41) is 8.93. The average Bonchev–Trinajstić information content (AvgIpc) is 2.24. The summed E-state index contributed by atoms with van der Waals surface area (Å²) in [6.07, 6.45) is -0.663. The van der Waals surface area contributed by atoms with Crippen LogP contribution >= 0.6 is 0 Å². The highest BCUT2D eigenvalue weighted by Gasteiger charge is 2.25. The molecule has 1 aromatic rings. The van der Waals surface area contributed by atoms with Gasteiger partial charge in [-0.05, 0) is 39.3 Å². The third-order valence-electron chi connectivity index (χ3n) is 2.31. The number of carbonyl (C=O) groups is 2. The van der Waals surface area contributed by atoms with Crippen molar-refractivity contribution in [1.29, 1.82) is 0 Å². The lowest BCUT2D eigenvalue weighted by Gasteiger charge is -2.27. The van der Waals surface area contributed by atoms with E-state index in [9.17, 15) is 9.59 Å². The molecule has 1 rings (SSSR count). The summed E-state index contributed by atoms with van der Waals surface area (Å²) in [6, 6.07) is 7.09. The molecule has 0 unspecified atom stereocenters. The van der Waals surface area contributed by atoms with E-state index in [1.165, 1.54) is 0 Å². The van der Waals surface area contributed by atoms with Gasteiger partial charge in [-0.25, -0.2) is 4.79 Å². The smallest absolute Gasteiger partial charge is 0.415 e. The molecule has 0 saturated heterocycles. The summed E-state index contributed by atoms with van der Waals surface area (Å²) < 4.78 is 5.23. The third-order valence-corrected chi connectivity index (χ3v) is 2.31. The Hall–Kier alpha value is -2.04. The topological polar surface area (TPSA) is 66.8 Å². The minimum atomic E-state index is -1.09. The summed E-state index contributed by atoms with van der Waals surface area (Å²) in [5.74, 6) is -1.09. The maximum Gasteiger partial charge on any atom is 0.415 e. The molecule has 0 aliphatic heterocycles. The van der Waals surface area contributed by atoms with Crippen LogP contribution in [0.3, 0.4) is 0 Å². The van der Waals surface area contributed by atoms with E-state index in [1.54, 1.807) is 32.9 Å². The van der Waals surface area contributed by atoms with Crippen molar-refractivity contribution >= 4 is 17.7 Å². The Morgan fingerprint density at radius 3 is 2.32 bits per heavy atom. The van der Waals surface area contributed by atoms with E-state index in [4.69, 9.17) is 9.84 Å². The van der Waals surface area contributed by atoms with Gasteiger partial charge in [0.2, 0.25) is 0 Å². The summed E-state index contributed by atoms with van der Waals surface area (Å²) >= 11 is 0. The molecule has 5 heteroatoms. The summed E-state index contributed by atoms with van der Waals surface area (Å²) in [7, 11) is 0. The molecule has 1 amide bonds. The molecule has 0 heterocycles. The summed E-state index contributed by atoms with van der Waals surface area (Å²) in [6.45, 7) is 6.60. The number of para-hydroxylation sites is 1. The number of amides is 1. The van der Waals surface area contributed by atoms with Crippen molar-refractivity contribution in [3.63, 3.8) is 0 Å². The zero-order valence-corrected chi connectivity index (χ0v) is 11.6. The van der Waals surface area contributed by atoms with Gasteiger partial charge in [0, 0.05) is 0 Å². The highest BCUT2D eigenvalue weighted by Crippen LogP contribution is 2.21. The van der Waals surface area contributed by atoms with Crippen LogP contribution in [0.2, 0.25) is 0 Å². The monoisotopic (exact) mass is 265 g/mol.